The Kier molecular flexibility index (Phi) is 22.5. The van der Waals surface area contributed by atoms with Crippen LogP contribution in [0.2, 0.25) is 0 Å². The Morgan fingerprint density at radius 1 is 0.263 bits per heavy atom. The molecule has 3 radical (unpaired) electrons. The maximum Gasteiger partial charge on any atom is 0.0524 e. The van der Waals surface area contributed by atoms with E-state index in [4.69, 9.17) is 0 Å². The second kappa shape index (κ2) is 31.9. The fourth-order valence-electron chi connectivity index (χ4n) is 12.7. The Morgan fingerprint density at radius 3 is 1.01 bits per heavy atom. The van der Waals surface area contributed by atoms with Crippen LogP contribution in [0.3, 0.4) is 0 Å². The Morgan fingerprint density at radius 2 is 0.636 bits per heavy atom. The zero-order valence-corrected chi connectivity index (χ0v) is 61.2. The van der Waals surface area contributed by atoms with Crippen molar-refractivity contribution in [1.82, 2.24) is 24.1 Å². The largest absolute Gasteiger partial charge is 0.351 e. The minimum Gasteiger partial charge on any atom is -0.351 e. The molecule has 12 aromatic carbocycles. The van der Waals surface area contributed by atoms with Crippen molar-refractivity contribution in [2.24, 2.45) is 0 Å². The van der Waals surface area contributed by atoms with E-state index in [1.165, 1.54) is 105 Å². The molecule has 0 bridgehead atoms. The van der Waals surface area contributed by atoms with Gasteiger partial charge in [0.15, 0.2) is 0 Å². The summed E-state index contributed by atoms with van der Waals surface area (Å²) in [5.74, 6) is 0. The van der Waals surface area contributed by atoms with Crippen molar-refractivity contribution in [3.8, 4) is 101 Å². The molecule has 0 spiro atoms. The Balaban J connectivity index is 0.000000155. The molecule has 0 fully saturated rings. The van der Waals surface area contributed by atoms with Crippen LogP contribution in [0.1, 0.15) is 24.1 Å². The second-order valence-corrected chi connectivity index (χ2v) is 24.0. The van der Waals surface area contributed by atoms with Gasteiger partial charge in [-0.15, -0.1) is 95.1 Å². The molecule has 17 rings (SSSR count). The summed E-state index contributed by atoms with van der Waals surface area (Å²) in [5, 5.41) is 4.95. The van der Waals surface area contributed by atoms with E-state index in [0.717, 1.165) is 56.3 Å². The molecule has 0 aliphatic carbocycles. The summed E-state index contributed by atoms with van der Waals surface area (Å²) in [6.45, 7) is 6.19. The van der Waals surface area contributed by atoms with Gasteiger partial charge < -0.3 is 24.1 Å². The van der Waals surface area contributed by atoms with Crippen molar-refractivity contribution in [3.05, 3.63) is 369 Å². The number of pyridine rings is 3. The topological polar surface area (TPSA) is 48.5 Å². The van der Waals surface area contributed by atoms with E-state index in [0.29, 0.717) is 0 Å². The predicted octanol–water partition coefficient (Wildman–Crippen LogP) is 23.7. The number of fused-ring (bicyclic) bond motifs is 6. The number of aromatic nitrogens is 5. The number of nitrogens with zero attached hydrogens (tertiary/aromatic N) is 5. The average Bonchev–Trinajstić information content (AvgIpc) is 1.60. The molecule has 0 aliphatic heterocycles. The monoisotopic (exact) mass is 1810 g/mol. The van der Waals surface area contributed by atoms with Crippen molar-refractivity contribution in [2.75, 3.05) is 0 Å². The van der Waals surface area contributed by atoms with E-state index in [-0.39, 0.29) is 67.7 Å². The third-order valence-electron chi connectivity index (χ3n) is 17.5. The molecular formula is C91H68Ir3N5-3. The van der Waals surface area contributed by atoms with Crippen LogP contribution in [0.25, 0.3) is 144 Å². The molecule has 8 heteroatoms. The summed E-state index contributed by atoms with van der Waals surface area (Å²) in [6, 6.07) is 121. The van der Waals surface area contributed by atoms with Crippen LogP contribution in [-0.4, -0.2) is 24.1 Å². The molecule has 0 saturated heterocycles. The molecular weight excluding hydrogens is 1740 g/mol. The Labute approximate surface area is 620 Å². The standard InChI is InChI=1S/2C36H25N2.C18H14N.CH4.3Ir/c1-25-15-18-34(37-24-25)30-13-8-14-31(21-30)38-35-19-16-28(26-9-4-2-5-10-26)22-32(35)33-23-29(17-20-36(33)38)27-11-6-3-7-12-27;1-25-12-19-34(37-24-25)28-13-17-31(18-14-28)38-35-20-15-29(26-8-4-2-5-9-26)22-32(35)33-23-30(16-21-36(33)38)27-10-6-3-7-11-27;1-14-10-11-19-18(12-14)17-9-5-8-16(13-17)15-6-3-2-4-7-15;;;;/h2-12,14-24H,1H3;2-13,15-24H,1H3;2-8,10-13H,1H3;1H4;;;/q3*-1;;;;. The predicted molar refractivity (Wildman–Crippen MR) is 402 cm³/mol. The number of hydrogen-bond donors (Lipinski definition) is 0. The van der Waals surface area contributed by atoms with Gasteiger partial charge in [-0.05, 0) is 165 Å². The maximum atomic E-state index is 4.65. The number of hydrogen-bond acceptors (Lipinski definition) is 3. The molecule has 0 unspecified atom stereocenters. The van der Waals surface area contributed by atoms with Gasteiger partial charge in [0.2, 0.25) is 0 Å². The third kappa shape index (κ3) is 15.2. The zero-order valence-electron chi connectivity index (χ0n) is 54.0. The van der Waals surface area contributed by atoms with Crippen LogP contribution >= 0.6 is 0 Å². The van der Waals surface area contributed by atoms with Crippen molar-refractivity contribution < 1.29 is 60.3 Å². The van der Waals surface area contributed by atoms with Crippen molar-refractivity contribution >= 4 is 43.6 Å². The van der Waals surface area contributed by atoms with E-state index in [9.17, 15) is 0 Å². The summed E-state index contributed by atoms with van der Waals surface area (Å²) >= 11 is 0. The van der Waals surface area contributed by atoms with Crippen LogP contribution < -0.4 is 0 Å². The van der Waals surface area contributed by atoms with Gasteiger partial charge in [0.25, 0.3) is 0 Å². The van der Waals surface area contributed by atoms with Gasteiger partial charge in [-0.2, -0.15) is 0 Å². The third-order valence-corrected chi connectivity index (χ3v) is 17.5. The second-order valence-electron chi connectivity index (χ2n) is 24.0. The fraction of sp³-hybridized carbons (Fsp3) is 0.0440. The van der Waals surface area contributed by atoms with E-state index >= 15 is 0 Å². The first kappa shape index (κ1) is 70.0. The maximum absolute atomic E-state index is 4.65. The Bertz CT molecular complexity index is 5330. The first-order valence-electron chi connectivity index (χ1n) is 32.1. The van der Waals surface area contributed by atoms with Crippen LogP contribution in [0.15, 0.2) is 334 Å². The first-order valence-corrected chi connectivity index (χ1v) is 32.1. The molecule has 5 nitrogen and oxygen atoms in total. The van der Waals surface area contributed by atoms with E-state index in [2.05, 4.69) is 354 Å². The van der Waals surface area contributed by atoms with Crippen molar-refractivity contribution in [1.29, 1.82) is 0 Å². The van der Waals surface area contributed by atoms with Gasteiger partial charge in [-0.3, -0.25) is 0 Å². The summed E-state index contributed by atoms with van der Waals surface area (Å²) < 4.78 is 4.71. The van der Waals surface area contributed by atoms with E-state index < -0.39 is 0 Å². The van der Waals surface area contributed by atoms with Crippen molar-refractivity contribution in [3.63, 3.8) is 0 Å². The normalized spacial score (nSPS) is 10.7. The van der Waals surface area contributed by atoms with Crippen LogP contribution in [0.4, 0.5) is 0 Å². The average molecular weight is 1810 g/mol. The molecule has 99 heavy (non-hydrogen) atoms. The minimum absolute atomic E-state index is 0. The Hall–Kier alpha value is -10.4. The molecule has 0 atom stereocenters. The number of benzene rings is 12. The quantitative estimate of drug-likeness (QED) is 0.128. The molecule has 5 heterocycles. The first-order chi connectivity index (χ1) is 46.8. The van der Waals surface area contributed by atoms with Gasteiger partial charge in [0.1, 0.15) is 0 Å². The molecule has 0 amide bonds. The summed E-state index contributed by atoms with van der Waals surface area (Å²) in [7, 11) is 0. The summed E-state index contributed by atoms with van der Waals surface area (Å²) in [4.78, 5) is 13.6. The SMILES string of the molecule is C.Cc1ccc(-c2[c-]cc(-n3c4ccc(-c5ccccc5)cc4c4cc(-c5ccccc5)ccc43)cc2)nc1.Cc1ccc(-c2[c-]ccc(-n3c4ccc(-c5ccccc5)cc4c4cc(-c5ccccc5)ccc43)c2)nc1.Cc1ccnc(-c2[c-]ccc(-c3ccccc3)c2)c1.[Ir].[Ir].[Ir]. The van der Waals surface area contributed by atoms with Crippen LogP contribution in [0.5, 0.6) is 0 Å². The van der Waals surface area contributed by atoms with Gasteiger partial charge in [-0.25, -0.2) is 0 Å². The van der Waals surface area contributed by atoms with Crippen LogP contribution in [0, 0.1) is 39.0 Å². The molecule has 17 aromatic rings. The summed E-state index contributed by atoms with van der Waals surface area (Å²) in [6.07, 6.45) is 5.65. The van der Waals surface area contributed by atoms with Crippen molar-refractivity contribution in [2.45, 2.75) is 28.2 Å². The van der Waals surface area contributed by atoms with E-state index in [1.807, 2.05) is 42.9 Å². The number of rotatable bonds is 10. The molecule has 0 N–H and O–H groups in total. The van der Waals surface area contributed by atoms with Crippen LogP contribution in [-0.2, 0) is 60.3 Å². The minimum atomic E-state index is 0. The number of aryl methyl sites for hydroxylation is 3. The summed E-state index contributed by atoms with van der Waals surface area (Å²) in [5.41, 5.74) is 28.4. The smallest absolute Gasteiger partial charge is 0.0524 e. The van der Waals surface area contributed by atoms with Gasteiger partial charge in [0.05, 0.1) is 11.0 Å². The van der Waals surface area contributed by atoms with E-state index in [1.54, 1.807) is 0 Å². The molecule has 0 saturated carbocycles. The van der Waals surface area contributed by atoms with Gasteiger partial charge in [-0.1, -0.05) is 219 Å². The van der Waals surface area contributed by atoms with Gasteiger partial charge >= 0.3 is 0 Å². The molecule has 5 aromatic heterocycles. The molecule has 487 valence electrons. The fourth-order valence-corrected chi connectivity index (χ4v) is 12.7. The van der Waals surface area contributed by atoms with Gasteiger partial charge in [0, 0.05) is 111 Å². The zero-order chi connectivity index (χ0) is 64.0. The molecule has 0 aliphatic rings.